The van der Waals surface area contributed by atoms with E-state index in [-0.39, 0.29) is 0 Å². The van der Waals surface area contributed by atoms with Gasteiger partial charge in [0, 0.05) is 18.6 Å². The predicted molar refractivity (Wildman–Crippen MR) is 80.5 cm³/mol. The zero-order valence-corrected chi connectivity index (χ0v) is 11.8. The van der Waals surface area contributed by atoms with Gasteiger partial charge in [0.15, 0.2) is 0 Å². The SMILES string of the molecule is c1ccc(C2CCC(NCC3CCCN3)CC2)cc1. The molecule has 2 nitrogen and oxygen atoms in total. The molecule has 1 unspecified atom stereocenters. The van der Waals surface area contributed by atoms with E-state index in [2.05, 4.69) is 41.0 Å². The van der Waals surface area contributed by atoms with E-state index < -0.39 is 0 Å². The van der Waals surface area contributed by atoms with Crippen molar-refractivity contribution in [3.8, 4) is 0 Å². The van der Waals surface area contributed by atoms with Crippen molar-refractivity contribution in [2.75, 3.05) is 13.1 Å². The Bertz CT molecular complexity index is 362. The topological polar surface area (TPSA) is 24.1 Å². The summed E-state index contributed by atoms with van der Waals surface area (Å²) >= 11 is 0. The van der Waals surface area contributed by atoms with Crippen molar-refractivity contribution in [1.29, 1.82) is 0 Å². The molecule has 19 heavy (non-hydrogen) atoms. The third-order valence-corrected chi connectivity index (χ3v) is 4.81. The molecule has 104 valence electrons. The molecule has 1 aliphatic heterocycles. The van der Waals surface area contributed by atoms with Crippen LogP contribution >= 0.6 is 0 Å². The van der Waals surface area contributed by atoms with Gasteiger partial charge in [-0.1, -0.05) is 30.3 Å². The van der Waals surface area contributed by atoms with Crippen LogP contribution in [0.25, 0.3) is 0 Å². The fraction of sp³-hybridized carbons (Fsp3) is 0.647. The van der Waals surface area contributed by atoms with Gasteiger partial charge in [-0.3, -0.25) is 0 Å². The van der Waals surface area contributed by atoms with E-state index in [4.69, 9.17) is 0 Å². The van der Waals surface area contributed by atoms with Crippen LogP contribution in [0, 0.1) is 0 Å². The second-order valence-electron chi connectivity index (χ2n) is 6.16. The Labute approximate surface area is 117 Å². The lowest BCUT2D eigenvalue weighted by molar-refractivity contribution is 0.333. The van der Waals surface area contributed by atoms with Gasteiger partial charge in [0.05, 0.1) is 0 Å². The van der Waals surface area contributed by atoms with E-state index in [1.165, 1.54) is 51.6 Å². The first-order valence-corrected chi connectivity index (χ1v) is 7.93. The number of hydrogen-bond donors (Lipinski definition) is 2. The summed E-state index contributed by atoms with van der Waals surface area (Å²) in [6, 6.07) is 12.5. The molecular weight excluding hydrogens is 232 g/mol. The lowest BCUT2D eigenvalue weighted by Gasteiger charge is -2.30. The molecule has 1 saturated heterocycles. The summed E-state index contributed by atoms with van der Waals surface area (Å²) in [5.74, 6) is 0.795. The Balaban J connectivity index is 1.42. The molecule has 1 heterocycles. The predicted octanol–water partition coefficient (Wildman–Crippen LogP) is 3.05. The van der Waals surface area contributed by atoms with Crippen molar-refractivity contribution < 1.29 is 0 Å². The minimum absolute atomic E-state index is 0.729. The fourth-order valence-electron chi connectivity index (χ4n) is 3.60. The standard InChI is InChI=1S/C17H26N2/c1-2-5-14(6-3-1)15-8-10-16(11-9-15)19-13-17-7-4-12-18-17/h1-3,5-6,15-19H,4,7-13H2. The number of benzene rings is 1. The molecule has 1 aromatic rings. The second kappa shape index (κ2) is 6.53. The van der Waals surface area contributed by atoms with Crippen LogP contribution in [-0.2, 0) is 0 Å². The van der Waals surface area contributed by atoms with E-state index in [1.54, 1.807) is 5.56 Å². The van der Waals surface area contributed by atoms with Gasteiger partial charge >= 0.3 is 0 Å². The van der Waals surface area contributed by atoms with Crippen LogP contribution in [0.5, 0.6) is 0 Å². The Morgan fingerprint density at radius 1 is 1.00 bits per heavy atom. The van der Waals surface area contributed by atoms with Gasteiger partial charge < -0.3 is 10.6 Å². The number of hydrogen-bond acceptors (Lipinski definition) is 2. The van der Waals surface area contributed by atoms with Crippen molar-refractivity contribution in [1.82, 2.24) is 10.6 Å². The van der Waals surface area contributed by atoms with E-state index in [0.717, 1.165) is 18.0 Å². The van der Waals surface area contributed by atoms with Crippen LogP contribution in [0.3, 0.4) is 0 Å². The Morgan fingerprint density at radius 3 is 2.47 bits per heavy atom. The maximum Gasteiger partial charge on any atom is 0.0193 e. The number of rotatable bonds is 4. The van der Waals surface area contributed by atoms with Crippen LogP contribution in [0.2, 0.25) is 0 Å². The largest absolute Gasteiger partial charge is 0.313 e. The molecule has 1 saturated carbocycles. The Kier molecular flexibility index (Phi) is 4.52. The summed E-state index contributed by atoms with van der Waals surface area (Å²) in [6.45, 7) is 2.38. The molecule has 2 aliphatic rings. The van der Waals surface area contributed by atoms with Gasteiger partial charge in [-0.25, -0.2) is 0 Å². The molecule has 1 atom stereocenters. The third-order valence-electron chi connectivity index (χ3n) is 4.81. The molecule has 0 spiro atoms. The van der Waals surface area contributed by atoms with E-state index >= 15 is 0 Å². The molecule has 0 bridgehead atoms. The summed E-state index contributed by atoms with van der Waals surface area (Å²) in [5.41, 5.74) is 1.54. The first-order valence-electron chi connectivity index (χ1n) is 7.93. The van der Waals surface area contributed by atoms with Crippen LogP contribution in [-0.4, -0.2) is 25.2 Å². The first kappa shape index (κ1) is 13.1. The molecular formula is C17H26N2. The highest BCUT2D eigenvalue weighted by molar-refractivity contribution is 5.20. The highest BCUT2D eigenvalue weighted by atomic mass is 15.0. The molecule has 1 aromatic carbocycles. The molecule has 2 fully saturated rings. The normalized spacial score (nSPS) is 31.5. The summed E-state index contributed by atoms with van der Waals surface area (Å²) in [7, 11) is 0. The van der Waals surface area contributed by atoms with Gasteiger partial charge in [-0.15, -0.1) is 0 Å². The monoisotopic (exact) mass is 258 g/mol. The van der Waals surface area contributed by atoms with Crippen LogP contribution in [0.1, 0.15) is 50.0 Å². The average molecular weight is 258 g/mol. The zero-order chi connectivity index (χ0) is 12.9. The summed E-state index contributed by atoms with van der Waals surface area (Å²) < 4.78 is 0. The maximum atomic E-state index is 3.77. The van der Waals surface area contributed by atoms with Crippen molar-refractivity contribution in [2.45, 2.75) is 56.5 Å². The van der Waals surface area contributed by atoms with Crippen molar-refractivity contribution in [3.63, 3.8) is 0 Å². The lowest BCUT2D eigenvalue weighted by Crippen LogP contribution is -2.41. The Morgan fingerprint density at radius 2 is 1.79 bits per heavy atom. The van der Waals surface area contributed by atoms with Gasteiger partial charge in [0.2, 0.25) is 0 Å². The van der Waals surface area contributed by atoms with E-state index in [1.807, 2.05) is 0 Å². The quantitative estimate of drug-likeness (QED) is 0.867. The minimum Gasteiger partial charge on any atom is -0.313 e. The fourth-order valence-corrected chi connectivity index (χ4v) is 3.60. The molecule has 2 N–H and O–H groups in total. The van der Waals surface area contributed by atoms with Gasteiger partial charge in [-0.05, 0) is 56.6 Å². The molecule has 2 heteroatoms. The van der Waals surface area contributed by atoms with Crippen LogP contribution in [0.4, 0.5) is 0 Å². The maximum absolute atomic E-state index is 3.77. The first-order chi connectivity index (χ1) is 9.42. The van der Waals surface area contributed by atoms with Crippen molar-refractivity contribution >= 4 is 0 Å². The van der Waals surface area contributed by atoms with Crippen molar-refractivity contribution in [2.24, 2.45) is 0 Å². The van der Waals surface area contributed by atoms with E-state index in [9.17, 15) is 0 Å². The highest BCUT2D eigenvalue weighted by Crippen LogP contribution is 2.32. The van der Waals surface area contributed by atoms with Gasteiger partial charge in [0.1, 0.15) is 0 Å². The lowest BCUT2D eigenvalue weighted by atomic mass is 9.82. The second-order valence-corrected chi connectivity index (χ2v) is 6.16. The highest BCUT2D eigenvalue weighted by Gasteiger charge is 2.23. The van der Waals surface area contributed by atoms with Crippen molar-refractivity contribution in [3.05, 3.63) is 35.9 Å². The van der Waals surface area contributed by atoms with E-state index in [0.29, 0.717) is 0 Å². The molecule has 0 amide bonds. The molecule has 3 rings (SSSR count). The summed E-state index contributed by atoms with van der Waals surface area (Å²) in [4.78, 5) is 0. The van der Waals surface area contributed by atoms with Crippen LogP contribution < -0.4 is 10.6 Å². The third kappa shape index (κ3) is 3.58. The summed E-state index contributed by atoms with van der Waals surface area (Å²) in [6.07, 6.45) is 8.08. The summed E-state index contributed by atoms with van der Waals surface area (Å²) in [5, 5.41) is 7.34. The zero-order valence-electron chi connectivity index (χ0n) is 11.8. The molecule has 0 aromatic heterocycles. The minimum atomic E-state index is 0.729. The smallest absolute Gasteiger partial charge is 0.0193 e. The average Bonchev–Trinajstić information content (AvgIpc) is 3.00. The van der Waals surface area contributed by atoms with Gasteiger partial charge in [-0.2, -0.15) is 0 Å². The Hall–Kier alpha value is -0.860. The van der Waals surface area contributed by atoms with Gasteiger partial charge in [0.25, 0.3) is 0 Å². The molecule has 0 radical (unpaired) electrons. The number of nitrogens with one attached hydrogen (secondary N) is 2. The van der Waals surface area contributed by atoms with Crippen LogP contribution in [0.15, 0.2) is 30.3 Å². The molecule has 1 aliphatic carbocycles.